The first kappa shape index (κ1) is 71.4. The third-order valence-electron chi connectivity index (χ3n) is 12.8. The number of benzene rings is 8. The van der Waals surface area contributed by atoms with Gasteiger partial charge >= 0.3 is 12.1 Å². The third-order valence-corrected chi connectivity index (χ3v) is 14.5. The first-order valence-electron chi connectivity index (χ1n) is 27.5. The lowest BCUT2D eigenvalue weighted by Gasteiger charge is -2.21. The summed E-state index contributed by atoms with van der Waals surface area (Å²) in [6, 6.07) is 54.6. The number of carbonyl (C=O) groups excluding carboxylic acids is 5. The van der Waals surface area contributed by atoms with Crippen molar-refractivity contribution >= 4 is 127 Å². The number of nitrogens with one attached hydrogen (secondary N) is 3. The zero-order valence-electron chi connectivity index (χ0n) is 49.8. The Labute approximate surface area is 546 Å². The van der Waals surface area contributed by atoms with E-state index in [9.17, 15) is 33.6 Å². The smallest absolute Gasteiger partial charge is 0.408 e. The number of anilines is 2. The van der Waals surface area contributed by atoms with Crippen molar-refractivity contribution in [1.82, 2.24) is 9.88 Å². The molecule has 6 N–H and O–H groups in total. The highest BCUT2D eigenvalue weighted by Gasteiger charge is 2.24. The summed E-state index contributed by atoms with van der Waals surface area (Å²) in [5.74, 6) is -1.84. The number of nitrogens with zero attached hydrogens (tertiary/aromatic N) is 1. The monoisotopic (exact) mass is 1320 g/mol. The summed E-state index contributed by atoms with van der Waals surface area (Å²) in [6.45, 7) is 14.0. The number of rotatable bonds is 12. The SMILES string of the molecule is C[C@H](N)c1cc2cccc(Cl)c2c(=O)n1-c1ccccc1.C[C@H](NC(=O)OC(C)(C)C)C(=O)Cc1cccc(Cl)c1C(=O)Nc1ccccc1.Cc1cccc(Cl)c1C(=O)Cl.Cc1cccc(Cl)c1C(=O)Nc1ccccc1.Cc1cccc(Cl)c1C(=O)O. The van der Waals surface area contributed by atoms with E-state index in [1.807, 2.05) is 111 Å². The molecule has 0 radical (unpaired) electrons. The maximum atomic E-state index is 12.9. The molecule has 0 saturated heterocycles. The van der Waals surface area contributed by atoms with Gasteiger partial charge < -0.3 is 31.5 Å². The molecule has 8 aromatic carbocycles. The normalized spacial score (nSPS) is 11.2. The van der Waals surface area contributed by atoms with E-state index in [1.54, 1.807) is 137 Å². The number of ketones is 1. The molecule has 9 aromatic rings. The third kappa shape index (κ3) is 21.2. The Bertz CT molecular complexity index is 3910. The lowest BCUT2D eigenvalue weighted by atomic mass is 9.99. The Morgan fingerprint density at radius 1 is 0.551 bits per heavy atom. The molecule has 0 aliphatic carbocycles. The van der Waals surface area contributed by atoms with Crippen LogP contribution in [-0.2, 0) is 16.0 Å². The molecule has 0 unspecified atom stereocenters. The van der Waals surface area contributed by atoms with Crippen LogP contribution in [-0.4, -0.2) is 56.2 Å². The van der Waals surface area contributed by atoms with E-state index < -0.39 is 34.9 Å². The molecule has 0 saturated carbocycles. The maximum absolute atomic E-state index is 12.9. The average Bonchev–Trinajstić information content (AvgIpc) is 0.946. The van der Waals surface area contributed by atoms with E-state index in [0.717, 1.165) is 33.6 Å². The molecular formula is C69H65Cl6N5O9. The topological polar surface area (TPSA) is 216 Å². The molecule has 0 fully saturated rings. The number of fused-ring (bicyclic) bond motifs is 1. The van der Waals surface area contributed by atoms with Gasteiger partial charge in [-0.3, -0.25) is 28.5 Å². The van der Waals surface area contributed by atoms with Crippen LogP contribution in [0.2, 0.25) is 25.1 Å². The van der Waals surface area contributed by atoms with Gasteiger partial charge in [0.2, 0.25) is 0 Å². The summed E-state index contributed by atoms with van der Waals surface area (Å²) in [4.78, 5) is 83.5. The second kappa shape index (κ2) is 33.9. The molecule has 0 spiro atoms. The minimum atomic E-state index is -0.979. The molecular weight excluding hydrogens is 1260 g/mol. The lowest BCUT2D eigenvalue weighted by Crippen LogP contribution is -2.42. The zero-order chi connectivity index (χ0) is 65.7. The second-order valence-corrected chi connectivity index (χ2v) is 23.2. The summed E-state index contributed by atoms with van der Waals surface area (Å²) in [5, 5.41) is 19.5. The Morgan fingerprint density at radius 2 is 0.966 bits per heavy atom. The van der Waals surface area contributed by atoms with Gasteiger partial charge in [0, 0.05) is 35.2 Å². The van der Waals surface area contributed by atoms with Gasteiger partial charge in [0.25, 0.3) is 22.6 Å². The second-order valence-electron chi connectivity index (χ2n) is 20.8. The van der Waals surface area contributed by atoms with E-state index in [0.29, 0.717) is 48.4 Å². The van der Waals surface area contributed by atoms with Crippen molar-refractivity contribution in [2.24, 2.45) is 5.73 Å². The van der Waals surface area contributed by atoms with Crippen LogP contribution in [0.4, 0.5) is 16.2 Å². The number of amides is 3. The molecule has 9 rings (SSSR count). The van der Waals surface area contributed by atoms with Crippen LogP contribution in [0.1, 0.15) is 110 Å². The Morgan fingerprint density at radius 3 is 1.39 bits per heavy atom. The van der Waals surface area contributed by atoms with Crippen molar-refractivity contribution < 1.29 is 38.6 Å². The first-order chi connectivity index (χ1) is 42.1. The van der Waals surface area contributed by atoms with Crippen LogP contribution in [0.3, 0.4) is 0 Å². The molecule has 89 heavy (non-hydrogen) atoms. The minimum Gasteiger partial charge on any atom is -0.478 e. The van der Waals surface area contributed by atoms with Crippen LogP contribution >= 0.6 is 69.6 Å². The van der Waals surface area contributed by atoms with Gasteiger partial charge in [-0.25, -0.2) is 9.59 Å². The van der Waals surface area contributed by atoms with Gasteiger partial charge in [-0.2, -0.15) is 0 Å². The zero-order valence-corrected chi connectivity index (χ0v) is 54.3. The largest absolute Gasteiger partial charge is 0.478 e. The number of pyridine rings is 1. The van der Waals surface area contributed by atoms with Crippen molar-refractivity contribution in [2.45, 2.75) is 79.5 Å². The summed E-state index contributed by atoms with van der Waals surface area (Å²) < 4.78 is 6.81. The van der Waals surface area contributed by atoms with E-state index in [1.165, 1.54) is 0 Å². The Hall–Kier alpha value is -8.31. The highest BCUT2D eigenvalue weighted by molar-refractivity contribution is 6.69. The predicted molar refractivity (Wildman–Crippen MR) is 361 cm³/mol. The van der Waals surface area contributed by atoms with Crippen molar-refractivity contribution in [3.05, 3.63) is 274 Å². The number of para-hydroxylation sites is 3. The van der Waals surface area contributed by atoms with E-state index in [-0.39, 0.29) is 50.9 Å². The Balaban J connectivity index is 0.000000212. The number of hydrogen-bond acceptors (Lipinski definition) is 9. The van der Waals surface area contributed by atoms with E-state index >= 15 is 0 Å². The number of carboxylic acid groups (broad SMARTS) is 1. The Kier molecular flexibility index (Phi) is 27.2. The van der Waals surface area contributed by atoms with E-state index in [2.05, 4.69) is 16.0 Å². The standard InChI is InChI=1S/C22H25ClN2O4.C17H15ClN2O.C14H12ClNO.C8H6Cl2O.C8H7ClO2/c1-14(24-21(28)29-22(2,3)4)18(26)13-15-9-8-12-17(23)19(15)20(27)25-16-10-6-5-7-11-16;1-11(19)15-10-12-6-5-9-14(18)16(12)17(21)20(15)13-7-3-2-4-8-13;1-10-6-5-9-12(15)13(10)14(17)16-11-7-3-2-4-8-11;2*1-5-3-2-4-6(9)7(5)8(10)11/h5-12,14H,13H2,1-4H3,(H,24,28)(H,25,27);2-11H,19H2,1H3;2-9H,1H3,(H,16,17);2-4H,1H3;2-4H,1H3,(H,10,11)/t14-;11-;;;/m00.../s1. The number of aromatic nitrogens is 1. The number of aryl methyl sites for hydroxylation is 3. The van der Waals surface area contributed by atoms with E-state index in [4.69, 9.17) is 85.2 Å². The molecule has 0 bridgehead atoms. The molecule has 14 nitrogen and oxygen atoms in total. The summed E-state index contributed by atoms with van der Waals surface area (Å²) in [7, 11) is 0. The minimum absolute atomic E-state index is 0.0604. The molecule has 20 heteroatoms. The quantitative estimate of drug-likeness (QED) is 0.0729. The maximum Gasteiger partial charge on any atom is 0.408 e. The lowest BCUT2D eigenvalue weighted by molar-refractivity contribution is -0.120. The fraction of sp³-hybridized carbons (Fsp3) is 0.174. The van der Waals surface area contributed by atoms with Gasteiger partial charge in [0.05, 0.1) is 58.8 Å². The number of hydrogen-bond donors (Lipinski definition) is 5. The highest BCUT2D eigenvalue weighted by Crippen LogP contribution is 2.27. The van der Waals surface area contributed by atoms with Gasteiger partial charge in [0.15, 0.2) is 5.78 Å². The van der Waals surface area contributed by atoms with Gasteiger partial charge in [0.1, 0.15) is 5.60 Å². The van der Waals surface area contributed by atoms with Crippen LogP contribution in [0.15, 0.2) is 193 Å². The number of ether oxygens (including phenoxy) is 1. The summed E-state index contributed by atoms with van der Waals surface area (Å²) in [5.41, 5.74) is 12.4. The van der Waals surface area contributed by atoms with Crippen molar-refractivity contribution in [3.8, 4) is 5.69 Å². The van der Waals surface area contributed by atoms with Crippen molar-refractivity contribution in [1.29, 1.82) is 0 Å². The number of carboxylic acids is 1. The fourth-order valence-corrected chi connectivity index (χ4v) is 10.3. The number of nitrogens with two attached hydrogens (primary N) is 1. The summed E-state index contributed by atoms with van der Waals surface area (Å²) in [6.07, 6.45) is -0.735. The molecule has 2 atom stereocenters. The molecule has 1 aromatic heterocycles. The van der Waals surface area contributed by atoms with Crippen molar-refractivity contribution in [3.63, 3.8) is 0 Å². The average molecular weight is 1320 g/mol. The highest BCUT2D eigenvalue weighted by atomic mass is 35.5. The molecule has 0 aliphatic rings. The number of alkyl carbamates (subject to hydrolysis) is 1. The molecule has 1 heterocycles. The van der Waals surface area contributed by atoms with Gasteiger partial charge in [-0.15, -0.1) is 0 Å². The molecule has 462 valence electrons. The van der Waals surface area contributed by atoms with Gasteiger partial charge in [-0.05, 0) is 167 Å². The summed E-state index contributed by atoms with van der Waals surface area (Å²) >= 11 is 35.1. The van der Waals surface area contributed by atoms with Crippen LogP contribution < -0.4 is 27.2 Å². The van der Waals surface area contributed by atoms with Gasteiger partial charge in [-0.1, -0.05) is 173 Å². The van der Waals surface area contributed by atoms with Crippen LogP contribution in [0.25, 0.3) is 16.5 Å². The number of halogens is 6. The first-order valence-corrected chi connectivity index (χ1v) is 29.7. The molecule has 0 aliphatic heterocycles. The number of carbonyl (C=O) groups is 6. The predicted octanol–water partition coefficient (Wildman–Crippen LogP) is 17.6. The fourth-order valence-electron chi connectivity index (χ4n) is 8.53. The van der Waals surface area contributed by atoms with Crippen LogP contribution in [0.5, 0.6) is 0 Å². The molecule has 3 amide bonds. The van der Waals surface area contributed by atoms with Crippen LogP contribution in [0, 0.1) is 20.8 Å². The number of Topliss-reactive ketones (excluding diaryl/α,β-unsaturated/α-hetero) is 1. The number of aromatic carboxylic acids is 1. The van der Waals surface area contributed by atoms with Crippen molar-refractivity contribution in [2.75, 3.05) is 10.6 Å².